The van der Waals surface area contributed by atoms with Crippen molar-refractivity contribution in [1.29, 1.82) is 0 Å². The van der Waals surface area contributed by atoms with Gasteiger partial charge in [0.15, 0.2) is 17.3 Å². The second-order valence-electron chi connectivity index (χ2n) is 4.17. The smallest absolute Gasteiger partial charge is 0.203 e. The molecule has 0 atom stereocenters. The highest BCUT2D eigenvalue weighted by Gasteiger charge is 2.15. The molecule has 0 spiro atoms. The van der Waals surface area contributed by atoms with Crippen LogP contribution in [0, 0.1) is 0 Å². The zero-order chi connectivity index (χ0) is 15.2. The summed E-state index contributed by atoms with van der Waals surface area (Å²) < 4.78 is 15.7. The van der Waals surface area contributed by atoms with Gasteiger partial charge in [-0.3, -0.25) is 4.79 Å². The Morgan fingerprint density at radius 3 is 2.24 bits per heavy atom. The van der Waals surface area contributed by atoms with Crippen LogP contribution in [0.15, 0.2) is 35.0 Å². The van der Waals surface area contributed by atoms with E-state index in [1.807, 2.05) is 16.8 Å². The summed E-state index contributed by atoms with van der Waals surface area (Å²) in [7, 11) is 4.57. The zero-order valence-corrected chi connectivity index (χ0v) is 12.9. The molecule has 1 aromatic heterocycles. The van der Waals surface area contributed by atoms with E-state index in [1.165, 1.54) is 27.4 Å². The lowest BCUT2D eigenvalue weighted by atomic mass is 10.1. The highest BCUT2D eigenvalue weighted by Crippen LogP contribution is 2.38. The molecule has 2 aromatic rings. The Labute approximate surface area is 127 Å². The molecule has 0 aliphatic carbocycles. The minimum atomic E-state index is -0.125. The molecule has 0 fully saturated rings. The van der Waals surface area contributed by atoms with Gasteiger partial charge in [-0.2, -0.15) is 11.3 Å². The van der Waals surface area contributed by atoms with E-state index in [2.05, 4.69) is 0 Å². The molecule has 0 unspecified atom stereocenters. The van der Waals surface area contributed by atoms with Gasteiger partial charge >= 0.3 is 0 Å². The van der Waals surface area contributed by atoms with Crippen LogP contribution in [0.25, 0.3) is 6.08 Å². The van der Waals surface area contributed by atoms with Crippen LogP contribution in [-0.2, 0) is 0 Å². The van der Waals surface area contributed by atoms with Crippen LogP contribution in [0.5, 0.6) is 17.2 Å². The van der Waals surface area contributed by atoms with Gasteiger partial charge in [0.05, 0.1) is 21.3 Å². The molecule has 1 aromatic carbocycles. The number of ether oxygens (including phenoxy) is 3. The van der Waals surface area contributed by atoms with Crippen molar-refractivity contribution < 1.29 is 19.0 Å². The second kappa shape index (κ2) is 6.95. The van der Waals surface area contributed by atoms with Crippen LogP contribution >= 0.6 is 11.3 Å². The number of rotatable bonds is 6. The average Bonchev–Trinajstić information content (AvgIpc) is 3.04. The molecule has 0 aliphatic heterocycles. The largest absolute Gasteiger partial charge is 0.493 e. The third kappa shape index (κ3) is 3.44. The van der Waals surface area contributed by atoms with Crippen LogP contribution in [-0.4, -0.2) is 27.1 Å². The fourth-order valence-electron chi connectivity index (χ4n) is 1.86. The molecule has 0 aliphatic rings. The van der Waals surface area contributed by atoms with Gasteiger partial charge < -0.3 is 14.2 Å². The van der Waals surface area contributed by atoms with Gasteiger partial charge in [-0.1, -0.05) is 6.08 Å². The monoisotopic (exact) mass is 304 g/mol. The van der Waals surface area contributed by atoms with Crippen LogP contribution in [0.4, 0.5) is 0 Å². The van der Waals surface area contributed by atoms with E-state index in [0.717, 1.165) is 5.56 Å². The van der Waals surface area contributed by atoms with Crippen LogP contribution < -0.4 is 14.2 Å². The molecule has 0 radical (unpaired) electrons. The maximum Gasteiger partial charge on any atom is 0.203 e. The number of methoxy groups -OCH3 is 3. The van der Waals surface area contributed by atoms with Crippen molar-refractivity contribution in [2.24, 2.45) is 0 Å². The number of hydrogen-bond donors (Lipinski definition) is 0. The number of carbonyl (C=O) groups excluding carboxylic acids is 1. The van der Waals surface area contributed by atoms with E-state index < -0.39 is 0 Å². The quantitative estimate of drug-likeness (QED) is 0.603. The van der Waals surface area contributed by atoms with Gasteiger partial charge in [-0.15, -0.1) is 0 Å². The lowest BCUT2D eigenvalue weighted by Gasteiger charge is -2.13. The van der Waals surface area contributed by atoms with E-state index in [9.17, 15) is 4.79 Å². The number of carbonyl (C=O) groups is 1. The third-order valence-electron chi connectivity index (χ3n) is 2.92. The first-order valence-electron chi connectivity index (χ1n) is 6.24. The molecule has 21 heavy (non-hydrogen) atoms. The number of ketones is 1. The Morgan fingerprint density at radius 2 is 1.76 bits per heavy atom. The van der Waals surface area contributed by atoms with Gasteiger partial charge in [-0.25, -0.2) is 0 Å². The first-order chi connectivity index (χ1) is 10.2. The van der Waals surface area contributed by atoms with E-state index in [4.69, 9.17) is 14.2 Å². The Bertz CT molecular complexity index is 619. The predicted molar refractivity (Wildman–Crippen MR) is 83.8 cm³/mol. The lowest BCUT2D eigenvalue weighted by Crippen LogP contribution is -2.00. The molecule has 4 nitrogen and oxygen atoms in total. The molecule has 0 saturated heterocycles. The first-order valence-corrected chi connectivity index (χ1v) is 7.18. The minimum absolute atomic E-state index is 0.125. The molecule has 5 heteroatoms. The average molecular weight is 304 g/mol. The first kappa shape index (κ1) is 15.1. The van der Waals surface area contributed by atoms with Crippen molar-refractivity contribution in [3.05, 3.63) is 46.2 Å². The number of allylic oxidation sites excluding steroid dienone is 1. The van der Waals surface area contributed by atoms with Crippen molar-refractivity contribution in [3.8, 4) is 17.2 Å². The molecule has 110 valence electrons. The second-order valence-corrected chi connectivity index (χ2v) is 4.95. The topological polar surface area (TPSA) is 44.8 Å². The van der Waals surface area contributed by atoms with Crippen LogP contribution in [0.3, 0.4) is 0 Å². The highest BCUT2D eigenvalue weighted by molar-refractivity contribution is 7.08. The van der Waals surface area contributed by atoms with Crippen molar-refractivity contribution in [2.75, 3.05) is 21.3 Å². The molecular weight excluding hydrogens is 288 g/mol. The Kier molecular flexibility index (Phi) is 5.00. The normalized spacial score (nSPS) is 10.6. The maximum atomic E-state index is 12.2. The summed E-state index contributed by atoms with van der Waals surface area (Å²) in [5.41, 5.74) is 1.48. The fraction of sp³-hybridized carbons (Fsp3) is 0.188. The van der Waals surface area contributed by atoms with Crippen molar-refractivity contribution >= 4 is 23.2 Å². The number of thiophene rings is 1. The lowest BCUT2D eigenvalue weighted by molar-refractivity contribution is 0.104. The van der Waals surface area contributed by atoms with Gasteiger partial charge in [-0.05, 0) is 40.6 Å². The van der Waals surface area contributed by atoms with E-state index in [1.54, 1.807) is 29.5 Å². The summed E-state index contributed by atoms with van der Waals surface area (Å²) in [6, 6.07) is 5.23. The van der Waals surface area contributed by atoms with Crippen molar-refractivity contribution in [2.45, 2.75) is 0 Å². The summed E-state index contributed by atoms with van der Waals surface area (Å²) in [6.45, 7) is 0. The molecular formula is C16H16O4S. The molecule has 0 N–H and O–H groups in total. The summed E-state index contributed by atoms with van der Waals surface area (Å²) >= 11 is 1.59. The Hall–Kier alpha value is -2.27. The molecule has 0 amide bonds. The number of hydrogen-bond acceptors (Lipinski definition) is 5. The number of benzene rings is 1. The van der Waals surface area contributed by atoms with E-state index >= 15 is 0 Å². The predicted octanol–water partition coefficient (Wildman–Crippen LogP) is 3.67. The standard InChI is InChI=1S/C16H16O4S/c1-18-14-8-12(9-15(19-2)16(14)20-3)13(17)5-4-11-6-7-21-10-11/h4-10H,1-3H3. The van der Waals surface area contributed by atoms with Crippen molar-refractivity contribution in [3.63, 3.8) is 0 Å². The molecule has 0 bridgehead atoms. The summed E-state index contributed by atoms with van der Waals surface area (Å²) in [5, 5.41) is 3.93. The van der Waals surface area contributed by atoms with Gasteiger partial charge in [0.2, 0.25) is 5.75 Å². The van der Waals surface area contributed by atoms with E-state index in [-0.39, 0.29) is 5.78 Å². The van der Waals surface area contributed by atoms with Crippen LogP contribution in [0.1, 0.15) is 15.9 Å². The van der Waals surface area contributed by atoms with Gasteiger partial charge in [0, 0.05) is 5.56 Å². The Morgan fingerprint density at radius 1 is 1.10 bits per heavy atom. The van der Waals surface area contributed by atoms with E-state index in [0.29, 0.717) is 22.8 Å². The van der Waals surface area contributed by atoms with Gasteiger partial charge in [0.1, 0.15) is 0 Å². The fourth-order valence-corrected chi connectivity index (χ4v) is 2.49. The summed E-state index contributed by atoms with van der Waals surface area (Å²) in [4.78, 5) is 12.2. The summed E-state index contributed by atoms with van der Waals surface area (Å²) in [6.07, 6.45) is 3.31. The SMILES string of the molecule is COc1cc(C(=O)C=Cc2ccsc2)cc(OC)c1OC. The minimum Gasteiger partial charge on any atom is -0.493 e. The maximum absolute atomic E-state index is 12.2. The summed E-state index contributed by atoms with van der Waals surface area (Å²) in [5.74, 6) is 1.27. The molecule has 2 rings (SSSR count). The Balaban J connectivity index is 2.33. The zero-order valence-electron chi connectivity index (χ0n) is 12.1. The highest BCUT2D eigenvalue weighted by atomic mass is 32.1. The third-order valence-corrected chi connectivity index (χ3v) is 3.62. The van der Waals surface area contributed by atoms with Crippen molar-refractivity contribution in [1.82, 2.24) is 0 Å². The molecule has 0 saturated carbocycles. The van der Waals surface area contributed by atoms with Gasteiger partial charge in [0.25, 0.3) is 0 Å². The van der Waals surface area contributed by atoms with Crippen LogP contribution in [0.2, 0.25) is 0 Å². The molecule has 1 heterocycles.